The quantitative estimate of drug-likeness (QED) is 0.182. The van der Waals surface area contributed by atoms with Crippen molar-refractivity contribution in [2.24, 2.45) is 0 Å². The van der Waals surface area contributed by atoms with Gasteiger partial charge >= 0.3 is 5.97 Å². The molecule has 29 heavy (non-hydrogen) atoms. The van der Waals surface area contributed by atoms with Gasteiger partial charge in [-0.05, 0) is 24.6 Å². The van der Waals surface area contributed by atoms with E-state index in [0.29, 0.717) is 22.6 Å². The normalized spacial score (nSPS) is 17.6. The minimum atomic E-state index is -1.90. The molecule has 1 atom stereocenters. The van der Waals surface area contributed by atoms with E-state index in [1.807, 2.05) is 0 Å². The summed E-state index contributed by atoms with van der Waals surface area (Å²) in [7, 11) is 0. The first kappa shape index (κ1) is 21.5. The molecule has 3 rings (SSSR count). The number of halogens is 1. The molecule has 1 aliphatic carbocycles. The van der Waals surface area contributed by atoms with Crippen LogP contribution in [0.3, 0.4) is 0 Å². The van der Waals surface area contributed by atoms with Crippen molar-refractivity contribution < 1.29 is 24.5 Å². The van der Waals surface area contributed by atoms with E-state index >= 15 is 0 Å². The molecule has 154 valence electrons. The first-order valence-corrected chi connectivity index (χ1v) is 10.4. The second kappa shape index (κ2) is 9.53. The van der Waals surface area contributed by atoms with E-state index in [9.17, 15) is 14.8 Å². The predicted octanol–water partition coefficient (Wildman–Crippen LogP) is 5.87. The predicted molar refractivity (Wildman–Crippen MR) is 110 cm³/mol. The molecule has 0 aliphatic heterocycles. The number of carbonyl (C=O) groups is 2. The molecule has 0 heterocycles. The molecule has 2 aromatic rings. The van der Waals surface area contributed by atoms with Crippen LogP contribution in [0.2, 0.25) is 5.02 Å². The molecular weight excluding hydrogens is 392 g/mol. The van der Waals surface area contributed by atoms with Gasteiger partial charge in [-0.3, -0.25) is 9.59 Å². The number of carbonyl (C=O) groups excluding carboxylic acids is 2. The minimum Gasteiger partial charge on any atom is -0.421 e. The number of benzene rings is 2. The summed E-state index contributed by atoms with van der Waals surface area (Å²) in [5.74, 6) is -2.67. The second-order valence-electron chi connectivity index (χ2n) is 7.26. The van der Waals surface area contributed by atoms with Crippen LogP contribution in [0.25, 0.3) is 0 Å². The van der Waals surface area contributed by atoms with Crippen molar-refractivity contribution >= 4 is 23.4 Å². The van der Waals surface area contributed by atoms with Crippen LogP contribution < -0.4 is 0 Å². The Morgan fingerprint density at radius 2 is 1.69 bits per heavy atom. The lowest BCUT2D eigenvalue weighted by molar-refractivity contribution is -0.384. The zero-order valence-corrected chi connectivity index (χ0v) is 17.2. The third kappa shape index (κ3) is 4.37. The maximum absolute atomic E-state index is 12.9. The Morgan fingerprint density at radius 1 is 1.00 bits per heavy atom. The van der Waals surface area contributed by atoms with E-state index < -0.39 is 11.8 Å². The van der Waals surface area contributed by atoms with E-state index in [1.165, 1.54) is 18.9 Å². The Kier molecular flexibility index (Phi) is 7.06. The second-order valence-corrected chi connectivity index (χ2v) is 7.70. The molecule has 0 aromatic heterocycles. The maximum atomic E-state index is 12.9. The summed E-state index contributed by atoms with van der Waals surface area (Å²) in [6, 6.07) is 11.2. The minimum absolute atomic E-state index is 0.205. The Hall–Kier alpha value is -2.21. The van der Waals surface area contributed by atoms with Crippen LogP contribution in [-0.2, 0) is 20.2 Å². The highest BCUT2D eigenvalue weighted by atomic mass is 35.5. The van der Waals surface area contributed by atoms with Crippen molar-refractivity contribution in [1.82, 2.24) is 0 Å². The molecule has 1 unspecified atom stereocenters. The number of esters is 1. The van der Waals surface area contributed by atoms with Crippen LogP contribution in [0.1, 0.15) is 78.9 Å². The number of hydrogen-bond acceptors (Lipinski definition) is 5. The van der Waals surface area contributed by atoms with E-state index in [1.54, 1.807) is 36.4 Å². The maximum Gasteiger partial charge on any atom is 0.308 e. The molecule has 0 radical (unpaired) electrons. The smallest absolute Gasteiger partial charge is 0.308 e. The molecule has 0 saturated carbocycles. The number of ketones is 1. The Morgan fingerprint density at radius 3 is 2.45 bits per heavy atom. The van der Waals surface area contributed by atoms with E-state index in [2.05, 4.69) is 6.92 Å². The van der Waals surface area contributed by atoms with Crippen LogP contribution in [0, 0.1) is 0 Å². The fourth-order valence-corrected chi connectivity index (χ4v) is 3.91. The van der Waals surface area contributed by atoms with Crippen molar-refractivity contribution in [2.45, 2.75) is 57.7 Å². The lowest BCUT2D eigenvalue weighted by Crippen LogP contribution is -2.41. The van der Waals surface area contributed by atoms with Crippen molar-refractivity contribution in [3.05, 3.63) is 69.7 Å². The average molecular weight is 417 g/mol. The highest BCUT2D eigenvalue weighted by Gasteiger charge is 2.49. The fraction of sp³-hybridized carbons (Fsp3) is 0.391. The standard InChI is InChI=1S/C23H25ClO5/c1-2-3-4-5-6-7-12-21(25)28-23(29-27)19-11-9-8-10-17(19)22(26)18-15-16(24)13-14-20(18)23/h8-11,13-15,27H,2-7,12H2,1H3. The average Bonchev–Trinajstić information content (AvgIpc) is 2.73. The van der Waals surface area contributed by atoms with Gasteiger partial charge in [0.25, 0.3) is 5.79 Å². The molecular formula is C23H25ClO5. The highest BCUT2D eigenvalue weighted by molar-refractivity contribution is 6.31. The van der Waals surface area contributed by atoms with Gasteiger partial charge in [-0.1, -0.05) is 74.9 Å². The Bertz CT molecular complexity index is 895. The largest absolute Gasteiger partial charge is 0.421 e. The van der Waals surface area contributed by atoms with Gasteiger partial charge in [0.15, 0.2) is 5.78 Å². The molecule has 0 spiro atoms. The summed E-state index contributed by atoms with van der Waals surface area (Å²) in [4.78, 5) is 30.3. The van der Waals surface area contributed by atoms with Gasteiger partial charge in [-0.25, -0.2) is 5.26 Å². The molecule has 6 heteroatoms. The van der Waals surface area contributed by atoms with Gasteiger partial charge in [-0.15, -0.1) is 0 Å². The topological polar surface area (TPSA) is 72.8 Å². The van der Waals surface area contributed by atoms with E-state index in [-0.39, 0.29) is 23.3 Å². The summed E-state index contributed by atoms with van der Waals surface area (Å²) < 4.78 is 5.69. The van der Waals surface area contributed by atoms with Crippen LogP contribution in [-0.4, -0.2) is 17.0 Å². The van der Waals surface area contributed by atoms with Gasteiger partial charge in [0.1, 0.15) is 0 Å². The van der Waals surface area contributed by atoms with Gasteiger partial charge in [0, 0.05) is 33.7 Å². The molecule has 0 saturated heterocycles. The van der Waals surface area contributed by atoms with Crippen LogP contribution in [0.5, 0.6) is 0 Å². The number of unbranched alkanes of at least 4 members (excludes halogenated alkanes) is 5. The molecule has 0 fully saturated rings. The number of rotatable bonds is 9. The van der Waals surface area contributed by atoms with Crippen LogP contribution in [0.15, 0.2) is 42.5 Å². The molecule has 2 aromatic carbocycles. The van der Waals surface area contributed by atoms with Crippen molar-refractivity contribution in [3.8, 4) is 0 Å². The number of hydrogen-bond donors (Lipinski definition) is 1. The third-order valence-corrected chi connectivity index (χ3v) is 5.46. The molecule has 1 aliphatic rings. The van der Waals surface area contributed by atoms with Gasteiger partial charge in [0.2, 0.25) is 0 Å². The molecule has 5 nitrogen and oxygen atoms in total. The lowest BCUT2D eigenvalue weighted by Gasteiger charge is -2.36. The first-order chi connectivity index (χ1) is 14.0. The molecule has 0 bridgehead atoms. The van der Waals surface area contributed by atoms with Gasteiger partial charge in [-0.2, -0.15) is 4.89 Å². The van der Waals surface area contributed by atoms with E-state index in [4.69, 9.17) is 21.2 Å². The van der Waals surface area contributed by atoms with Crippen molar-refractivity contribution in [3.63, 3.8) is 0 Å². The first-order valence-electron chi connectivity index (χ1n) is 10.0. The van der Waals surface area contributed by atoms with Gasteiger partial charge in [0.05, 0.1) is 0 Å². The number of ether oxygens (including phenoxy) is 1. The fourth-order valence-electron chi connectivity index (χ4n) is 3.74. The lowest BCUT2D eigenvalue weighted by atomic mass is 9.80. The summed E-state index contributed by atoms with van der Waals surface area (Å²) >= 11 is 6.07. The summed E-state index contributed by atoms with van der Waals surface area (Å²) in [5.41, 5.74) is 1.07. The third-order valence-electron chi connectivity index (χ3n) is 5.23. The summed E-state index contributed by atoms with van der Waals surface area (Å²) in [6.45, 7) is 2.16. The summed E-state index contributed by atoms with van der Waals surface area (Å²) in [6.07, 6.45) is 6.41. The SMILES string of the molecule is CCCCCCCCC(=O)OC1(OO)c2ccccc2C(=O)c2cc(Cl)ccc21. The molecule has 1 N–H and O–H groups in total. The highest BCUT2D eigenvalue weighted by Crippen LogP contribution is 2.44. The van der Waals surface area contributed by atoms with Crippen LogP contribution in [0.4, 0.5) is 0 Å². The van der Waals surface area contributed by atoms with Crippen molar-refractivity contribution in [2.75, 3.05) is 0 Å². The Labute approximate surface area is 175 Å². The molecule has 0 amide bonds. The number of fused-ring (bicyclic) bond motifs is 2. The summed E-state index contributed by atoms with van der Waals surface area (Å²) in [5, 5.41) is 10.2. The van der Waals surface area contributed by atoms with Crippen LogP contribution >= 0.6 is 11.6 Å². The monoisotopic (exact) mass is 416 g/mol. The van der Waals surface area contributed by atoms with Gasteiger partial charge < -0.3 is 4.74 Å². The van der Waals surface area contributed by atoms with Crippen molar-refractivity contribution in [1.29, 1.82) is 0 Å². The Balaban J connectivity index is 1.87. The zero-order valence-electron chi connectivity index (χ0n) is 16.4. The zero-order chi connectivity index (χ0) is 20.9. The van der Waals surface area contributed by atoms with E-state index in [0.717, 1.165) is 19.3 Å².